The SMILES string of the molecule is O=C(O)C1CCN(C(=O)N2CC[C@](c3ccc(C(OCc4c(F)cccc4F)(C(F)(F)F)C(F)(F)F)cc3)(S(=O)(=O)c3ccc(Oc4ccccc4)cc3)C2)CC1. The van der Waals surface area contributed by atoms with E-state index in [4.69, 9.17) is 4.74 Å². The van der Waals surface area contributed by atoms with E-state index < -0.39 is 86.4 Å². The third-order valence-electron chi connectivity index (χ3n) is 10.4. The molecule has 0 bridgehead atoms. The van der Waals surface area contributed by atoms with E-state index >= 15 is 0 Å². The Kier molecular flexibility index (Phi) is 11.3. The van der Waals surface area contributed by atoms with E-state index in [0.717, 1.165) is 18.2 Å². The minimum absolute atomic E-state index is 0.0529. The summed E-state index contributed by atoms with van der Waals surface area (Å²) in [6.45, 7) is -2.43. The van der Waals surface area contributed by atoms with Crippen molar-refractivity contribution < 1.29 is 67.7 Å². The van der Waals surface area contributed by atoms with E-state index in [0.29, 0.717) is 30.0 Å². The van der Waals surface area contributed by atoms with Gasteiger partial charge in [-0.15, -0.1) is 0 Å². The second-order valence-corrected chi connectivity index (χ2v) is 15.9. The molecule has 0 aliphatic carbocycles. The number of para-hydroxylation sites is 1. The average Bonchev–Trinajstić information content (AvgIpc) is 3.63. The normalized spacial score (nSPS) is 18.5. The number of hydrogen-bond donors (Lipinski definition) is 1. The number of carbonyl (C=O) groups excluding carboxylic acids is 1. The minimum atomic E-state index is -6.24. The molecule has 2 heterocycles. The van der Waals surface area contributed by atoms with E-state index in [1.165, 1.54) is 34.1 Å². The molecule has 4 aromatic carbocycles. The summed E-state index contributed by atoms with van der Waals surface area (Å²) in [5.74, 6) is -3.91. The predicted octanol–water partition coefficient (Wildman–Crippen LogP) is 8.59. The molecule has 2 aliphatic heterocycles. The van der Waals surface area contributed by atoms with Crippen molar-refractivity contribution in [2.24, 2.45) is 5.92 Å². The van der Waals surface area contributed by atoms with Gasteiger partial charge in [0.25, 0.3) is 5.60 Å². The van der Waals surface area contributed by atoms with Crippen molar-refractivity contribution in [1.29, 1.82) is 0 Å². The molecule has 304 valence electrons. The van der Waals surface area contributed by atoms with Crippen LogP contribution < -0.4 is 4.74 Å². The molecule has 57 heavy (non-hydrogen) atoms. The fourth-order valence-electron chi connectivity index (χ4n) is 7.20. The van der Waals surface area contributed by atoms with Crippen LogP contribution in [-0.2, 0) is 36.3 Å². The lowest BCUT2D eigenvalue weighted by molar-refractivity contribution is -0.392. The van der Waals surface area contributed by atoms with Gasteiger partial charge in [0.05, 0.1) is 17.4 Å². The number of carboxylic acids is 1. The molecule has 6 rings (SSSR count). The van der Waals surface area contributed by atoms with Gasteiger partial charge in [-0.25, -0.2) is 22.0 Å². The average molecular weight is 827 g/mol. The van der Waals surface area contributed by atoms with Crippen LogP contribution in [-0.4, -0.2) is 73.9 Å². The molecule has 0 aromatic heterocycles. The number of nitrogens with zero attached hydrogens (tertiary/aromatic N) is 2. The van der Waals surface area contributed by atoms with Crippen molar-refractivity contribution in [3.63, 3.8) is 0 Å². The van der Waals surface area contributed by atoms with E-state index in [1.54, 1.807) is 30.3 Å². The molecule has 0 spiro atoms. The van der Waals surface area contributed by atoms with E-state index in [1.807, 2.05) is 0 Å². The van der Waals surface area contributed by atoms with Gasteiger partial charge in [0, 0.05) is 37.3 Å². The molecule has 0 radical (unpaired) electrons. The lowest BCUT2D eigenvalue weighted by atomic mass is 9.88. The summed E-state index contributed by atoms with van der Waals surface area (Å²) >= 11 is 0. The summed E-state index contributed by atoms with van der Waals surface area (Å²) < 4.78 is 154. The van der Waals surface area contributed by atoms with Crippen molar-refractivity contribution in [3.05, 3.63) is 125 Å². The number of likely N-dealkylation sites (tertiary alicyclic amines) is 2. The molecule has 18 heteroatoms. The smallest absolute Gasteiger partial charge is 0.430 e. The first-order valence-electron chi connectivity index (χ1n) is 17.5. The lowest BCUT2D eigenvalue weighted by Gasteiger charge is -2.38. The zero-order valence-corrected chi connectivity index (χ0v) is 30.5. The Balaban J connectivity index is 1.39. The van der Waals surface area contributed by atoms with Crippen molar-refractivity contribution in [2.45, 2.75) is 53.5 Å². The first kappa shape index (κ1) is 41.4. The second-order valence-electron chi connectivity index (χ2n) is 13.7. The number of rotatable bonds is 10. The number of benzene rings is 4. The largest absolute Gasteiger partial charge is 0.481 e. The molecule has 4 aromatic rings. The van der Waals surface area contributed by atoms with Gasteiger partial charge in [0.1, 0.15) is 27.9 Å². The molecule has 1 atom stereocenters. The number of alkyl halides is 6. The fraction of sp³-hybridized carbons (Fsp3) is 0.333. The summed E-state index contributed by atoms with van der Waals surface area (Å²) in [6, 6.07) is 17.5. The van der Waals surface area contributed by atoms with Crippen LogP contribution in [0.2, 0.25) is 0 Å². The standard InChI is InChI=1S/C39H34F8N2O7S/c40-32-7-4-8-33(41)31(32)23-55-37(38(42,43)44,39(45,46)47)27-11-9-26(10-12-27)36(19-22-49(24-36)35(52)48-20-17-25(18-21-48)34(50)51)57(53,54)30-15-13-29(14-16-30)56-28-5-2-1-3-6-28/h1-16,25H,17-24H2,(H,50,51)/t36-/m0/s1. The Hall–Kier alpha value is -5.23. The minimum Gasteiger partial charge on any atom is -0.481 e. The number of urea groups is 1. The monoisotopic (exact) mass is 826 g/mol. The number of ether oxygens (including phenoxy) is 2. The zero-order chi connectivity index (χ0) is 41.4. The highest BCUT2D eigenvalue weighted by Gasteiger charge is 2.73. The van der Waals surface area contributed by atoms with Crippen molar-refractivity contribution >= 4 is 21.8 Å². The number of carboxylic acid groups (broad SMARTS) is 1. The van der Waals surface area contributed by atoms with Gasteiger partial charge in [-0.2, -0.15) is 26.3 Å². The van der Waals surface area contributed by atoms with Crippen molar-refractivity contribution in [3.8, 4) is 11.5 Å². The molecule has 1 N–H and O–H groups in total. The van der Waals surface area contributed by atoms with Crippen LogP contribution in [0, 0.1) is 17.6 Å². The van der Waals surface area contributed by atoms with Crippen LogP contribution in [0.5, 0.6) is 11.5 Å². The predicted molar refractivity (Wildman–Crippen MR) is 187 cm³/mol. The van der Waals surface area contributed by atoms with Crippen LogP contribution in [0.3, 0.4) is 0 Å². The number of piperidine rings is 1. The Bertz CT molecular complexity index is 2160. The Morgan fingerprint density at radius 2 is 1.30 bits per heavy atom. The number of carbonyl (C=O) groups is 2. The highest BCUT2D eigenvalue weighted by atomic mass is 32.2. The Labute approximate surface area is 321 Å². The fourth-order valence-corrected chi connectivity index (χ4v) is 9.28. The topological polar surface area (TPSA) is 113 Å². The molecule has 2 saturated heterocycles. The van der Waals surface area contributed by atoms with E-state index in [-0.39, 0.29) is 55.1 Å². The van der Waals surface area contributed by atoms with Gasteiger partial charge < -0.3 is 24.4 Å². The number of halogens is 8. The van der Waals surface area contributed by atoms with E-state index in [2.05, 4.69) is 4.74 Å². The summed E-state index contributed by atoms with van der Waals surface area (Å²) in [7, 11) is -4.63. The second kappa shape index (κ2) is 15.6. The third-order valence-corrected chi connectivity index (χ3v) is 12.8. The lowest BCUT2D eigenvalue weighted by Crippen LogP contribution is -2.56. The third kappa shape index (κ3) is 7.76. The molecule has 0 saturated carbocycles. The molecular weight excluding hydrogens is 792 g/mol. The van der Waals surface area contributed by atoms with E-state index in [9.17, 15) is 58.2 Å². The van der Waals surface area contributed by atoms with Crippen LogP contribution in [0.15, 0.2) is 102 Å². The molecule has 9 nitrogen and oxygen atoms in total. The van der Waals surface area contributed by atoms with Crippen LogP contribution in [0.4, 0.5) is 39.9 Å². The summed E-state index contributed by atoms with van der Waals surface area (Å²) in [6.07, 6.45) is -12.5. The summed E-state index contributed by atoms with van der Waals surface area (Å²) in [5, 5.41) is 9.37. The Morgan fingerprint density at radius 3 is 1.84 bits per heavy atom. The highest BCUT2D eigenvalue weighted by Crippen LogP contribution is 2.54. The molecular formula is C39H34F8N2O7S. The number of hydrogen-bond acceptors (Lipinski definition) is 6. The molecule has 2 amide bonds. The van der Waals surface area contributed by atoms with Gasteiger partial charge in [-0.05, 0) is 73.4 Å². The number of amides is 2. The van der Waals surface area contributed by atoms with Gasteiger partial charge >= 0.3 is 24.4 Å². The number of sulfone groups is 1. The first-order valence-corrected chi connectivity index (χ1v) is 18.9. The number of aliphatic carboxylic acids is 1. The van der Waals surface area contributed by atoms with Crippen LogP contribution >= 0.6 is 0 Å². The maximum Gasteiger partial charge on any atom is 0.430 e. The van der Waals surface area contributed by atoms with Gasteiger partial charge in [0.15, 0.2) is 9.84 Å². The van der Waals surface area contributed by atoms with Gasteiger partial charge in [-0.1, -0.05) is 48.5 Å². The first-order chi connectivity index (χ1) is 26.8. The van der Waals surface area contributed by atoms with Gasteiger partial charge in [0.2, 0.25) is 0 Å². The zero-order valence-electron chi connectivity index (χ0n) is 29.7. The van der Waals surface area contributed by atoms with Gasteiger partial charge in [-0.3, -0.25) is 4.79 Å². The quantitative estimate of drug-likeness (QED) is 0.160. The van der Waals surface area contributed by atoms with Crippen LogP contribution in [0.1, 0.15) is 36.0 Å². The maximum absolute atomic E-state index is 14.7. The molecule has 2 aliphatic rings. The van der Waals surface area contributed by atoms with Crippen molar-refractivity contribution in [2.75, 3.05) is 26.2 Å². The Morgan fingerprint density at radius 1 is 0.737 bits per heavy atom. The van der Waals surface area contributed by atoms with Crippen molar-refractivity contribution in [1.82, 2.24) is 9.80 Å². The maximum atomic E-state index is 14.7. The summed E-state index contributed by atoms with van der Waals surface area (Å²) in [4.78, 5) is 27.4. The molecule has 0 unspecified atom stereocenters. The molecule has 2 fully saturated rings. The summed E-state index contributed by atoms with van der Waals surface area (Å²) in [5.41, 5.74) is -8.10. The highest BCUT2D eigenvalue weighted by molar-refractivity contribution is 7.92. The van der Waals surface area contributed by atoms with Crippen LogP contribution in [0.25, 0.3) is 0 Å².